The highest BCUT2D eigenvalue weighted by Gasteiger charge is 1.99. The van der Waals surface area contributed by atoms with Crippen LogP contribution in [0.2, 0.25) is 0 Å². The van der Waals surface area contributed by atoms with Gasteiger partial charge in [0.15, 0.2) is 6.79 Å². The molecule has 0 bridgehead atoms. The van der Waals surface area contributed by atoms with Crippen molar-refractivity contribution in [3.05, 3.63) is 28.5 Å². The number of hydrogen-bond donors (Lipinski definition) is 0. The number of hydrogen-bond acceptors (Lipinski definition) is 2. The summed E-state index contributed by atoms with van der Waals surface area (Å²) < 4.78 is 23.5. The van der Waals surface area contributed by atoms with Gasteiger partial charge < -0.3 is 9.47 Å². The van der Waals surface area contributed by atoms with Crippen LogP contribution in [0.15, 0.2) is 22.7 Å². The molecular formula is C9H10BrFO2. The van der Waals surface area contributed by atoms with Gasteiger partial charge in [-0.05, 0) is 19.1 Å². The van der Waals surface area contributed by atoms with E-state index in [1.807, 2.05) is 6.92 Å². The standard InChI is InChI=1S/C9H10BrFO2/c1-2-12-6-13-9-4-7(10)3-8(11)5-9/h3-5H,2,6H2,1H3. The largest absolute Gasteiger partial charge is 0.467 e. The van der Waals surface area contributed by atoms with Gasteiger partial charge in [-0.3, -0.25) is 0 Å². The Bertz CT molecular complexity index is 258. The monoisotopic (exact) mass is 248 g/mol. The van der Waals surface area contributed by atoms with E-state index in [4.69, 9.17) is 9.47 Å². The van der Waals surface area contributed by atoms with Gasteiger partial charge in [-0.25, -0.2) is 4.39 Å². The van der Waals surface area contributed by atoms with E-state index in [0.717, 1.165) is 0 Å². The number of rotatable bonds is 4. The van der Waals surface area contributed by atoms with E-state index >= 15 is 0 Å². The maximum absolute atomic E-state index is 12.8. The second kappa shape index (κ2) is 5.19. The van der Waals surface area contributed by atoms with E-state index < -0.39 is 0 Å². The molecule has 0 aliphatic rings. The molecule has 13 heavy (non-hydrogen) atoms. The Balaban J connectivity index is 2.56. The Kier molecular flexibility index (Phi) is 4.18. The first kappa shape index (κ1) is 10.5. The minimum atomic E-state index is -0.333. The zero-order chi connectivity index (χ0) is 9.68. The van der Waals surface area contributed by atoms with E-state index in [1.54, 1.807) is 6.07 Å². The quantitative estimate of drug-likeness (QED) is 0.603. The van der Waals surface area contributed by atoms with Crippen LogP contribution in [-0.4, -0.2) is 13.4 Å². The fourth-order valence-corrected chi connectivity index (χ4v) is 1.25. The van der Waals surface area contributed by atoms with Crippen molar-refractivity contribution in [3.8, 4) is 5.75 Å². The third-order valence-corrected chi connectivity index (χ3v) is 1.81. The summed E-state index contributed by atoms with van der Waals surface area (Å²) in [6.07, 6.45) is 0. The van der Waals surface area contributed by atoms with Crippen molar-refractivity contribution in [2.75, 3.05) is 13.4 Å². The molecule has 4 heteroatoms. The van der Waals surface area contributed by atoms with Gasteiger partial charge in [0.05, 0.1) is 0 Å². The Hall–Kier alpha value is -0.610. The zero-order valence-electron chi connectivity index (χ0n) is 7.22. The molecule has 0 N–H and O–H groups in total. The average molecular weight is 249 g/mol. The molecule has 1 aromatic rings. The van der Waals surface area contributed by atoms with Gasteiger partial charge in [-0.15, -0.1) is 0 Å². The van der Waals surface area contributed by atoms with E-state index in [1.165, 1.54) is 12.1 Å². The highest BCUT2D eigenvalue weighted by atomic mass is 79.9. The third-order valence-electron chi connectivity index (χ3n) is 1.35. The molecule has 0 aliphatic carbocycles. The molecule has 72 valence electrons. The van der Waals surface area contributed by atoms with Crippen molar-refractivity contribution >= 4 is 15.9 Å². The molecule has 0 radical (unpaired) electrons. The molecule has 2 nitrogen and oxygen atoms in total. The van der Waals surface area contributed by atoms with Crippen molar-refractivity contribution in [2.24, 2.45) is 0 Å². The predicted molar refractivity (Wildman–Crippen MR) is 51.2 cm³/mol. The van der Waals surface area contributed by atoms with Crippen molar-refractivity contribution in [1.29, 1.82) is 0 Å². The molecule has 0 atom stereocenters. The summed E-state index contributed by atoms with van der Waals surface area (Å²) in [5, 5.41) is 0. The average Bonchev–Trinajstić information content (AvgIpc) is 2.03. The molecular weight excluding hydrogens is 239 g/mol. The Labute approximate surface area is 84.8 Å². The smallest absolute Gasteiger partial charge is 0.189 e. The van der Waals surface area contributed by atoms with Gasteiger partial charge in [-0.1, -0.05) is 15.9 Å². The van der Waals surface area contributed by atoms with Crippen LogP contribution in [0.5, 0.6) is 5.75 Å². The van der Waals surface area contributed by atoms with Crippen molar-refractivity contribution in [1.82, 2.24) is 0 Å². The van der Waals surface area contributed by atoms with Crippen LogP contribution >= 0.6 is 15.9 Å². The lowest BCUT2D eigenvalue weighted by Crippen LogP contribution is -2.02. The van der Waals surface area contributed by atoms with Crippen molar-refractivity contribution in [3.63, 3.8) is 0 Å². The number of halogens is 2. The molecule has 1 rings (SSSR count). The van der Waals surface area contributed by atoms with Crippen LogP contribution in [0.3, 0.4) is 0 Å². The first-order valence-electron chi connectivity index (χ1n) is 3.89. The summed E-state index contributed by atoms with van der Waals surface area (Å²) in [5.41, 5.74) is 0. The topological polar surface area (TPSA) is 18.5 Å². The fraction of sp³-hybridized carbons (Fsp3) is 0.333. The van der Waals surface area contributed by atoms with Crippen LogP contribution in [0.1, 0.15) is 6.92 Å². The summed E-state index contributed by atoms with van der Waals surface area (Å²) in [5.74, 6) is 0.126. The zero-order valence-corrected chi connectivity index (χ0v) is 8.80. The first-order chi connectivity index (χ1) is 6.22. The molecule has 0 saturated carbocycles. The number of benzene rings is 1. The molecule has 0 aromatic heterocycles. The SMILES string of the molecule is CCOCOc1cc(F)cc(Br)c1. The van der Waals surface area contributed by atoms with Gasteiger partial charge >= 0.3 is 0 Å². The normalized spacial score (nSPS) is 10.1. The van der Waals surface area contributed by atoms with Crippen molar-refractivity contribution < 1.29 is 13.9 Å². The molecule has 0 spiro atoms. The summed E-state index contributed by atoms with van der Waals surface area (Å²) in [7, 11) is 0. The van der Waals surface area contributed by atoms with Crippen LogP contribution < -0.4 is 4.74 Å². The lowest BCUT2D eigenvalue weighted by molar-refractivity contribution is 0.0222. The van der Waals surface area contributed by atoms with Gasteiger partial charge in [0.2, 0.25) is 0 Å². The van der Waals surface area contributed by atoms with Crippen molar-refractivity contribution in [2.45, 2.75) is 6.92 Å². The highest BCUT2D eigenvalue weighted by molar-refractivity contribution is 9.10. The molecule has 0 unspecified atom stereocenters. The molecule has 0 heterocycles. The Morgan fingerprint density at radius 2 is 2.15 bits per heavy atom. The Morgan fingerprint density at radius 1 is 1.38 bits per heavy atom. The molecule has 0 fully saturated rings. The summed E-state index contributed by atoms with van der Waals surface area (Å²) >= 11 is 3.16. The van der Waals surface area contributed by atoms with Crippen LogP contribution in [0.4, 0.5) is 4.39 Å². The second-order valence-corrected chi connectivity index (χ2v) is 3.28. The molecule has 0 saturated heterocycles. The minimum Gasteiger partial charge on any atom is -0.467 e. The Morgan fingerprint density at radius 3 is 2.77 bits per heavy atom. The summed E-state index contributed by atoms with van der Waals surface area (Å²) in [4.78, 5) is 0. The number of ether oxygens (including phenoxy) is 2. The highest BCUT2D eigenvalue weighted by Crippen LogP contribution is 2.20. The lowest BCUT2D eigenvalue weighted by atomic mass is 10.3. The second-order valence-electron chi connectivity index (χ2n) is 2.36. The van der Waals surface area contributed by atoms with Gasteiger partial charge in [0, 0.05) is 17.1 Å². The van der Waals surface area contributed by atoms with Gasteiger partial charge in [0.25, 0.3) is 0 Å². The van der Waals surface area contributed by atoms with Crippen LogP contribution in [0, 0.1) is 5.82 Å². The third kappa shape index (κ3) is 3.74. The van der Waals surface area contributed by atoms with E-state index in [0.29, 0.717) is 16.8 Å². The van der Waals surface area contributed by atoms with E-state index in [9.17, 15) is 4.39 Å². The molecule has 1 aromatic carbocycles. The maximum atomic E-state index is 12.8. The maximum Gasteiger partial charge on any atom is 0.189 e. The lowest BCUT2D eigenvalue weighted by Gasteiger charge is -2.05. The van der Waals surface area contributed by atoms with E-state index in [2.05, 4.69) is 15.9 Å². The van der Waals surface area contributed by atoms with Crippen LogP contribution in [-0.2, 0) is 4.74 Å². The van der Waals surface area contributed by atoms with Gasteiger partial charge in [0.1, 0.15) is 11.6 Å². The molecule has 0 aliphatic heterocycles. The summed E-state index contributed by atoms with van der Waals surface area (Å²) in [6, 6.07) is 4.36. The minimum absolute atomic E-state index is 0.145. The predicted octanol–water partition coefficient (Wildman–Crippen LogP) is 2.96. The van der Waals surface area contributed by atoms with Gasteiger partial charge in [-0.2, -0.15) is 0 Å². The fourth-order valence-electron chi connectivity index (χ4n) is 0.805. The molecule has 0 amide bonds. The first-order valence-corrected chi connectivity index (χ1v) is 4.68. The van der Waals surface area contributed by atoms with Crippen LogP contribution in [0.25, 0.3) is 0 Å². The van der Waals surface area contributed by atoms with E-state index in [-0.39, 0.29) is 12.6 Å². The summed E-state index contributed by atoms with van der Waals surface area (Å²) in [6.45, 7) is 2.59.